The van der Waals surface area contributed by atoms with Crippen LogP contribution in [0.25, 0.3) is 0 Å². The van der Waals surface area contributed by atoms with E-state index in [0.717, 1.165) is 5.69 Å². The summed E-state index contributed by atoms with van der Waals surface area (Å²) in [6.45, 7) is 1.90. The third-order valence-corrected chi connectivity index (χ3v) is 2.11. The quantitative estimate of drug-likeness (QED) is 0.864. The second-order valence-electron chi connectivity index (χ2n) is 3.91. The molecule has 2 aromatic heterocycles. The van der Waals surface area contributed by atoms with Crippen LogP contribution in [0, 0.1) is 6.92 Å². The summed E-state index contributed by atoms with van der Waals surface area (Å²) in [4.78, 5) is 17.9. The van der Waals surface area contributed by atoms with Gasteiger partial charge in [-0.15, -0.1) is 0 Å². The SMILES string of the molecule is Cc1ccc(Oc2nc(N)nc(N(C)C)n2)cn1. The van der Waals surface area contributed by atoms with Crippen molar-refractivity contribution in [3.8, 4) is 11.8 Å². The molecular weight excluding hydrogens is 232 g/mol. The third kappa shape index (κ3) is 2.82. The fourth-order valence-corrected chi connectivity index (χ4v) is 1.23. The Bertz CT molecular complexity index is 540. The topological polar surface area (TPSA) is 90.0 Å². The van der Waals surface area contributed by atoms with Crippen LogP contribution in [0.4, 0.5) is 11.9 Å². The minimum absolute atomic E-state index is 0.115. The molecule has 2 heterocycles. The molecule has 0 unspecified atom stereocenters. The summed E-state index contributed by atoms with van der Waals surface area (Å²) in [7, 11) is 3.62. The van der Waals surface area contributed by atoms with Gasteiger partial charge in [-0.25, -0.2) is 0 Å². The van der Waals surface area contributed by atoms with Gasteiger partial charge in [0.2, 0.25) is 11.9 Å². The third-order valence-electron chi connectivity index (χ3n) is 2.11. The van der Waals surface area contributed by atoms with Gasteiger partial charge >= 0.3 is 6.01 Å². The molecule has 0 radical (unpaired) electrons. The van der Waals surface area contributed by atoms with Gasteiger partial charge in [-0.1, -0.05) is 0 Å². The largest absolute Gasteiger partial charge is 0.422 e. The summed E-state index contributed by atoms with van der Waals surface area (Å²) in [6, 6.07) is 3.78. The standard InChI is InChI=1S/C11H14N6O/c1-7-4-5-8(6-13-7)18-11-15-9(12)14-10(16-11)17(2)3/h4-6H,1-3H3,(H2,12,14,15,16). The number of hydrogen-bond acceptors (Lipinski definition) is 7. The number of aromatic nitrogens is 4. The number of rotatable bonds is 3. The lowest BCUT2D eigenvalue weighted by molar-refractivity contribution is 0.438. The van der Waals surface area contributed by atoms with Gasteiger partial charge in [0.25, 0.3) is 0 Å². The Morgan fingerprint density at radius 2 is 1.94 bits per heavy atom. The van der Waals surface area contributed by atoms with E-state index in [1.165, 1.54) is 0 Å². The fourth-order valence-electron chi connectivity index (χ4n) is 1.23. The van der Waals surface area contributed by atoms with E-state index in [9.17, 15) is 0 Å². The number of nitrogen functional groups attached to an aromatic ring is 1. The summed E-state index contributed by atoms with van der Waals surface area (Å²) in [6.07, 6.45) is 1.60. The molecule has 0 bridgehead atoms. The summed E-state index contributed by atoms with van der Waals surface area (Å²) >= 11 is 0. The first-order valence-corrected chi connectivity index (χ1v) is 5.34. The first kappa shape index (κ1) is 12.0. The highest BCUT2D eigenvalue weighted by Gasteiger charge is 2.08. The predicted octanol–water partition coefficient (Wildman–Crippen LogP) is 1.02. The van der Waals surface area contributed by atoms with Crippen LogP contribution < -0.4 is 15.4 Å². The summed E-state index contributed by atoms with van der Waals surface area (Å²) in [5.74, 6) is 1.11. The van der Waals surface area contributed by atoms with Crippen LogP contribution in [0.15, 0.2) is 18.3 Å². The van der Waals surface area contributed by atoms with Crippen LogP contribution >= 0.6 is 0 Å². The Morgan fingerprint density at radius 3 is 2.56 bits per heavy atom. The van der Waals surface area contributed by atoms with Crippen molar-refractivity contribution in [3.63, 3.8) is 0 Å². The van der Waals surface area contributed by atoms with Gasteiger partial charge < -0.3 is 15.4 Å². The molecule has 2 N–H and O–H groups in total. The lowest BCUT2D eigenvalue weighted by atomic mass is 10.4. The minimum atomic E-state index is 0.115. The first-order chi connectivity index (χ1) is 8.54. The molecular formula is C11H14N6O. The maximum atomic E-state index is 5.59. The number of nitrogens with two attached hydrogens (primary N) is 1. The van der Waals surface area contributed by atoms with Crippen LogP contribution in [0.3, 0.4) is 0 Å². The van der Waals surface area contributed by atoms with Gasteiger partial charge in [0.1, 0.15) is 5.75 Å². The van der Waals surface area contributed by atoms with Crippen molar-refractivity contribution in [2.24, 2.45) is 0 Å². The fraction of sp³-hybridized carbons (Fsp3) is 0.273. The molecule has 0 aliphatic rings. The molecule has 0 fully saturated rings. The lowest BCUT2D eigenvalue weighted by Gasteiger charge is -2.11. The Morgan fingerprint density at radius 1 is 1.17 bits per heavy atom. The molecule has 0 aliphatic heterocycles. The number of anilines is 2. The van der Waals surface area contributed by atoms with E-state index in [1.54, 1.807) is 17.2 Å². The highest BCUT2D eigenvalue weighted by atomic mass is 16.5. The number of nitrogens with zero attached hydrogens (tertiary/aromatic N) is 5. The maximum Gasteiger partial charge on any atom is 0.328 e. The van der Waals surface area contributed by atoms with E-state index in [2.05, 4.69) is 19.9 Å². The summed E-state index contributed by atoms with van der Waals surface area (Å²) in [5, 5.41) is 0. The number of ether oxygens (including phenoxy) is 1. The first-order valence-electron chi connectivity index (χ1n) is 5.34. The van der Waals surface area contributed by atoms with E-state index < -0.39 is 0 Å². The highest BCUT2D eigenvalue weighted by molar-refractivity contribution is 5.35. The van der Waals surface area contributed by atoms with Crippen molar-refractivity contribution in [1.29, 1.82) is 0 Å². The van der Waals surface area contributed by atoms with Gasteiger partial charge in [0.05, 0.1) is 6.20 Å². The van der Waals surface area contributed by atoms with Gasteiger partial charge in [0.15, 0.2) is 0 Å². The smallest absolute Gasteiger partial charge is 0.328 e. The minimum Gasteiger partial charge on any atom is -0.422 e. The Balaban J connectivity index is 2.26. The average Bonchev–Trinajstić information content (AvgIpc) is 2.31. The van der Waals surface area contributed by atoms with Crippen LogP contribution in [0.5, 0.6) is 11.8 Å². The van der Waals surface area contributed by atoms with E-state index in [4.69, 9.17) is 10.5 Å². The second-order valence-corrected chi connectivity index (χ2v) is 3.91. The second kappa shape index (κ2) is 4.82. The normalized spacial score (nSPS) is 10.2. The zero-order valence-electron chi connectivity index (χ0n) is 10.5. The number of hydrogen-bond donors (Lipinski definition) is 1. The zero-order valence-corrected chi connectivity index (χ0v) is 10.5. The summed E-state index contributed by atoms with van der Waals surface area (Å²) in [5.41, 5.74) is 6.50. The predicted molar refractivity (Wildman–Crippen MR) is 67.6 cm³/mol. The van der Waals surface area contributed by atoms with Crippen LogP contribution in [-0.4, -0.2) is 34.0 Å². The van der Waals surface area contributed by atoms with Crippen molar-refractivity contribution >= 4 is 11.9 Å². The number of pyridine rings is 1. The molecule has 7 nitrogen and oxygen atoms in total. The average molecular weight is 246 g/mol. The molecule has 18 heavy (non-hydrogen) atoms. The summed E-state index contributed by atoms with van der Waals surface area (Å²) < 4.78 is 5.47. The van der Waals surface area contributed by atoms with E-state index in [1.807, 2.05) is 27.1 Å². The van der Waals surface area contributed by atoms with Crippen molar-refractivity contribution in [3.05, 3.63) is 24.0 Å². The van der Waals surface area contributed by atoms with E-state index in [-0.39, 0.29) is 12.0 Å². The van der Waals surface area contributed by atoms with Crippen molar-refractivity contribution < 1.29 is 4.74 Å². The van der Waals surface area contributed by atoms with E-state index >= 15 is 0 Å². The molecule has 0 atom stereocenters. The number of aryl methyl sites for hydroxylation is 1. The molecule has 0 aromatic carbocycles. The molecule has 0 amide bonds. The monoisotopic (exact) mass is 246 g/mol. The van der Waals surface area contributed by atoms with Crippen LogP contribution in [-0.2, 0) is 0 Å². The lowest BCUT2D eigenvalue weighted by Crippen LogP contribution is -2.15. The van der Waals surface area contributed by atoms with Crippen molar-refractivity contribution in [2.75, 3.05) is 24.7 Å². The molecule has 2 rings (SSSR count). The maximum absolute atomic E-state index is 5.59. The Kier molecular flexibility index (Phi) is 3.22. The van der Waals surface area contributed by atoms with Crippen LogP contribution in [0.1, 0.15) is 5.69 Å². The van der Waals surface area contributed by atoms with Gasteiger partial charge in [-0.2, -0.15) is 15.0 Å². The molecule has 7 heteroatoms. The van der Waals surface area contributed by atoms with E-state index in [0.29, 0.717) is 11.7 Å². The van der Waals surface area contributed by atoms with Gasteiger partial charge in [-0.3, -0.25) is 4.98 Å². The van der Waals surface area contributed by atoms with Crippen molar-refractivity contribution in [2.45, 2.75) is 6.92 Å². The highest BCUT2D eigenvalue weighted by Crippen LogP contribution is 2.18. The van der Waals surface area contributed by atoms with Gasteiger partial charge in [-0.05, 0) is 19.1 Å². The molecule has 94 valence electrons. The molecule has 0 saturated carbocycles. The Hall–Kier alpha value is -2.44. The Labute approximate surface area is 105 Å². The van der Waals surface area contributed by atoms with Crippen LogP contribution in [0.2, 0.25) is 0 Å². The molecule has 0 aliphatic carbocycles. The zero-order chi connectivity index (χ0) is 13.1. The van der Waals surface area contributed by atoms with Gasteiger partial charge in [0, 0.05) is 19.8 Å². The molecule has 0 spiro atoms. The molecule has 0 saturated heterocycles. The van der Waals surface area contributed by atoms with Crippen molar-refractivity contribution in [1.82, 2.24) is 19.9 Å². The molecule has 2 aromatic rings.